The first-order valence-electron chi connectivity index (χ1n) is 5.51. The van der Waals surface area contributed by atoms with E-state index in [1.54, 1.807) is 0 Å². The van der Waals surface area contributed by atoms with Gasteiger partial charge in [0.1, 0.15) is 0 Å². The van der Waals surface area contributed by atoms with Crippen molar-refractivity contribution in [3.8, 4) is 0 Å². The fraction of sp³-hybridized carbons (Fsp3) is 0.909. The Hall–Kier alpha value is -0.610. The SMILES string of the molecule is O=C([O-])C12CC3CC(O)(CC(O)(C3)C1)C2. The molecular formula is C11H15O4-. The Morgan fingerprint density at radius 1 is 1.07 bits per heavy atom. The van der Waals surface area contributed by atoms with Crippen LogP contribution in [0.25, 0.3) is 0 Å². The molecule has 0 spiro atoms. The molecule has 4 saturated carbocycles. The lowest BCUT2D eigenvalue weighted by atomic mass is 9.46. The van der Waals surface area contributed by atoms with Crippen LogP contribution in [-0.2, 0) is 4.79 Å². The van der Waals surface area contributed by atoms with E-state index in [9.17, 15) is 20.1 Å². The highest BCUT2D eigenvalue weighted by Crippen LogP contribution is 2.62. The molecule has 0 aromatic heterocycles. The van der Waals surface area contributed by atoms with Crippen LogP contribution in [0, 0.1) is 11.3 Å². The van der Waals surface area contributed by atoms with Crippen LogP contribution in [0.5, 0.6) is 0 Å². The minimum Gasteiger partial charge on any atom is -0.550 e. The van der Waals surface area contributed by atoms with Crippen molar-refractivity contribution in [3.05, 3.63) is 0 Å². The monoisotopic (exact) mass is 211 g/mol. The lowest BCUT2D eigenvalue weighted by Gasteiger charge is -2.63. The molecule has 0 saturated heterocycles. The zero-order chi connectivity index (χ0) is 10.9. The van der Waals surface area contributed by atoms with Crippen LogP contribution in [0.2, 0.25) is 0 Å². The van der Waals surface area contributed by atoms with E-state index in [2.05, 4.69) is 0 Å². The quantitative estimate of drug-likeness (QED) is 0.594. The molecule has 0 heterocycles. The van der Waals surface area contributed by atoms with Gasteiger partial charge >= 0.3 is 0 Å². The van der Waals surface area contributed by atoms with Crippen molar-refractivity contribution in [2.75, 3.05) is 0 Å². The predicted octanol–water partition coefficient (Wildman–Crippen LogP) is -0.818. The van der Waals surface area contributed by atoms with Gasteiger partial charge in [-0.25, -0.2) is 0 Å². The van der Waals surface area contributed by atoms with Gasteiger partial charge in [-0.2, -0.15) is 0 Å². The molecule has 2 unspecified atom stereocenters. The molecule has 2 atom stereocenters. The Balaban J connectivity index is 2.05. The molecule has 4 fully saturated rings. The maximum atomic E-state index is 11.2. The van der Waals surface area contributed by atoms with Gasteiger partial charge in [-0.15, -0.1) is 0 Å². The number of carbonyl (C=O) groups excluding carboxylic acids is 1. The third-order valence-corrected chi connectivity index (χ3v) is 4.44. The molecule has 0 radical (unpaired) electrons. The van der Waals surface area contributed by atoms with Crippen LogP contribution in [0.15, 0.2) is 0 Å². The fourth-order valence-electron chi connectivity index (χ4n) is 4.56. The van der Waals surface area contributed by atoms with Gasteiger partial charge in [0.05, 0.1) is 11.2 Å². The standard InChI is InChI=1S/C11H16O4/c12-8(13)9-1-7-2-10(14,4-9)6-11(15,3-7)5-9/h7,14-15H,1-6H2,(H,12,13)/p-1. The zero-order valence-electron chi connectivity index (χ0n) is 8.53. The van der Waals surface area contributed by atoms with Crippen molar-refractivity contribution < 1.29 is 20.1 Å². The number of aliphatic hydroxyl groups is 2. The van der Waals surface area contributed by atoms with Crippen LogP contribution >= 0.6 is 0 Å². The Morgan fingerprint density at radius 3 is 2.00 bits per heavy atom. The van der Waals surface area contributed by atoms with Crippen LogP contribution < -0.4 is 5.11 Å². The van der Waals surface area contributed by atoms with Crippen molar-refractivity contribution in [1.29, 1.82) is 0 Å². The highest BCUT2D eigenvalue weighted by atomic mass is 16.4. The average Bonchev–Trinajstić information content (AvgIpc) is 1.95. The Labute approximate surface area is 87.9 Å². The van der Waals surface area contributed by atoms with Crippen molar-refractivity contribution >= 4 is 5.97 Å². The minimum atomic E-state index is -1.09. The van der Waals surface area contributed by atoms with E-state index in [4.69, 9.17) is 0 Å². The summed E-state index contributed by atoms with van der Waals surface area (Å²) in [5.41, 5.74) is -2.90. The number of hydrogen-bond acceptors (Lipinski definition) is 4. The Bertz CT molecular complexity index is 319. The number of carboxylic acids is 1. The molecule has 4 heteroatoms. The van der Waals surface area contributed by atoms with Gasteiger partial charge in [-0.05, 0) is 38.0 Å². The van der Waals surface area contributed by atoms with Crippen molar-refractivity contribution in [2.24, 2.45) is 11.3 Å². The molecule has 15 heavy (non-hydrogen) atoms. The second-order valence-corrected chi connectivity index (χ2v) is 6.03. The second kappa shape index (κ2) is 2.38. The van der Waals surface area contributed by atoms with Crippen molar-refractivity contribution in [2.45, 2.75) is 49.7 Å². The van der Waals surface area contributed by atoms with E-state index < -0.39 is 22.6 Å². The van der Waals surface area contributed by atoms with Crippen LogP contribution in [0.3, 0.4) is 0 Å². The topological polar surface area (TPSA) is 80.6 Å². The summed E-state index contributed by atoms with van der Waals surface area (Å²) in [4.78, 5) is 11.2. The van der Waals surface area contributed by atoms with Gasteiger partial charge in [-0.3, -0.25) is 0 Å². The van der Waals surface area contributed by atoms with Gasteiger partial charge in [-0.1, -0.05) is 0 Å². The van der Waals surface area contributed by atoms with E-state index in [1.165, 1.54) is 0 Å². The molecule has 0 aliphatic heterocycles. The summed E-state index contributed by atoms with van der Waals surface area (Å²) in [5.74, 6) is -0.947. The summed E-state index contributed by atoms with van der Waals surface area (Å²) in [5, 5.41) is 31.7. The van der Waals surface area contributed by atoms with Gasteiger partial charge < -0.3 is 20.1 Å². The molecule has 4 nitrogen and oxygen atoms in total. The number of rotatable bonds is 1. The molecule has 0 aromatic rings. The lowest BCUT2D eigenvalue weighted by Crippen LogP contribution is -2.66. The molecule has 4 bridgehead atoms. The Kier molecular flexibility index (Phi) is 1.52. The van der Waals surface area contributed by atoms with Gasteiger partial charge in [0, 0.05) is 17.8 Å². The summed E-state index contributed by atoms with van der Waals surface area (Å²) in [6.07, 6.45) is 2.72. The molecule has 4 aliphatic rings. The summed E-state index contributed by atoms with van der Waals surface area (Å²) < 4.78 is 0. The summed E-state index contributed by atoms with van der Waals surface area (Å²) >= 11 is 0. The largest absolute Gasteiger partial charge is 0.550 e. The molecule has 84 valence electrons. The summed E-state index contributed by atoms with van der Waals surface area (Å²) in [7, 11) is 0. The third kappa shape index (κ3) is 1.18. The number of aliphatic carboxylic acids is 1. The molecular weight excluding hydrogens is 196 g/mol. The first-order valence-corrected chi connectivity index (χ1v) is 5.51. The molecule has 2 N–H and O–H groups in total. The third-order valence-electron chi connectivity index (χ3n) is 4.44. The van der Waals surface area contributed by atoms with E-state index >= 15 is 0 Å². The van der Waals surface area contributed by atoms with Gasteiger partial charge in [0.2, 0.25) is 0 Å². The Morgan fingerprint density at radius 2 is 1.60 bits per heavy atom. The lowest BCUT2D eigenvalue weighted by molar-refractivity contribution is -0.338. The molecule has 0 amide bonds. The molecule has 0 aromatic carbocycles. The highest BCUT2D eigenvalue weighted by molar-refractivity contribution is 5.73. The smallest absolute Gasteiger partial charge is 0.0686 e. The number of carboxylic acid groups (broad SMARTS) is 1. The van der Waals surface area contributed by atoms with Crippen LogP contribution in [0.4, 0.5) is 0 Å². The highest BCUT2D eigenvalue weighted by Gasteiger charge is 2.63. The number of hydrogen-bond donors (Lipinski definition) is 2. The van der Waals surface area contributed by atoms with Crippen molar-refractivity contribution in [3.63, 3.8) is 0 Å². The number of carbonyl (C=O) groups is 1. The maximum Gasteiger partial charge on any atom is 0.0686 e. The van der Waals surface area contributed by atoms with E-state index in [0.29, 0.717) is 25.7 Å². The molecule has 4 aliphatic carbocycles. The normalized spacial score (nSPS) is 57.1. The van der Waals surface area contributed by atoms with Crippen LogP contribution in [-0.4, -0.2) is 27.4 Å². The van der Waals surface area contributed by atoms with E-state index in [-0.39, 0.29) is 18.8 Å². The van der Waals surface area contributed by atoms with Gasteiger partial charge in [0.25, 0.3) is 0 Å². The minimum absolute atomic E-state index is 0.147. The molecule has 4 rings (SSSR count). The second-order valence-electron chi connectivity index (χ2n) is 6.03. The van der Waals surface area contributed by atoms with Crippen LogP contribution in [0.1, 0.15) is 38.5 Å². The maximum absolute atomic E-state index is 11.2. The van der Waals surface area contributed by atoms with Crippen molar-refractivity contribution in [1.82, 2.24) is 0 Å². The summed E-state index contributed by atoms with van der Waals surface area (Å²) in [6.45, 7) is 0. The first kappa shape index (κ1) is 9.60. The summed E-state index contributed by atoms with van der Waals surface area (Å²) in [6, 6.07) is 0. The van der Waals surface area contributed by atoms with E-state index in [0.717, 1.165) is 0 Å². The van der Waals surface area contributed by atoms with E-state index in [1.807, 2.05) is 0 Å². The zero-order valence-corrected chi connectivity index (χ0v) is 8.53. The predicted molar refractivity (Wildman–Crippen MR) is 48.5 cm³/mol. The van der Waals surface area contributed by atoms with Gasteiger partial charge in [0.15, 0.2) is 0 Å². The first-order chi connectivity index (χ1) is 6.85. The average molecular weight is 211 g/mol. The fourth-order valence-corrected chi connectivity index (χ4v) is 4.56.